The summed E-state index contributed by atoms with van der Waals surface area (Å²) in [6.45, 7) is 9.27. The summed E-state index contributed by atoms with van der Waals surface area (Å²) >= 11 is 0.696. The van der Waals surface area contributed by atoms with Crippen molar-refractivity contribution in [1.82, 2.24) is 14.9 Å². The number of thiophene rings is 1. The molecule has 6 rings (SSSR count). The number of fused-ring (bicyclic) bond motifs is 3. The zero-order valence-corrected chi connectivity index (χ0v) is 26.7. The van der Waals surface area contributed by atoms with Gasteiger partial charge in [-0.25, -0.2) is 13.2 Å². The molecular formula is C32H34F6N6OS. The van der Waals surface area contributed by atoms with E-state index in [1.165, 1.54) is 0 Å². The van der Waals surface area contributed by atoms with Crippen molar-refractivity contribution in [2.75, 3.05) is 43.4 Å². The molecule has 46 heavy (non-hydrogen) atoms. The van der Waals surface area contributed by atoms with Crippen LogP contribution in [0.3, 0.4) is 0 Å². The first-order chi connectivity index (χ1) is 21.9. The molecule has 0 amide bonds. The van der Waals surface area contributed by atoms with Gasteiger partial charge >= 0.3 is 12.2 Å². The number of nitrogen functional groups attached to an aromatic ring is 1. The molecule has 0 bridgehead atoms. The molecule has 2 aromatic carbocycles. The summed E-state index contributed by atoms with van der Waals surface area (Å²) in [7, 11) is 0. The van der Waals surface area contributed by atoms with Crippen LogP contribution in [0.2, 0.25) is 0 Å². The fourth-order valence-corrected chi connectivity index (χ4v) is 7.61. The van der Waals surface area contributed by atoms with Crippen molar-refractivity contribution in [2.24, 2.45) is 0 Å². The van der Waals surface area contributed by atoms with E-state index >= 15 is 4.39 Å². The molecular weight excluding hydrogens is 630 g/mol. The van der Waals surface area contributed by atoms with Crippen molar-refractivity contribution in [3.05, 3.63) is 41.0 Å². The SMILES string of the molecule is CC.CCN(CC)c1nc(OCC23CCCN2CC(F)C3)nc2c(F)c(-c3ccc(F)c4sc(N)c(C#N)c34)c(C(F)(F)F)cc12. The Morgan fingerprint density at radius 2 is 1.91 bits per heavy atom. The Kier molecular flexibility index (Phi) is 9.30. The standard InChI is InChI=1S/C30H28F6N6OS.C2H6/c1-3-41(4-2)27-17-10-19(30(34,35)36)22(16-6-7-20(32)25-21(16)18(12-37)26(38)44-25)23(33)24(17)39-28(40-27)43-14-29-8-5-9-42(29)13-15(31)11-29;1-2/h6-7,10,15H,3-5,8-9,11,13-14,38H2,1-2H3;1-2H3. The zero-order valence-electron chi connectivity index (χ0n) is 25.9. The number of anilines is 2. The highest BCUT2D eigenvalue weighted by Crippen LogP contribution is 2.48. The molecule has 2 N–H and O–H groups in total. The highest BCUT2D eigenvalue weighted by Gasteiger charge is 2.49. The van der Waals surface area contributed by atoms with Gasteiger partial charge in [-0.15, -0.1) is 11.3 Å². The first kappa shape index (κ1) is 33.5. The van der Waals surface area contributed by atoms with Crippen molar-refractivity contribution in [3.8, 4) is 23.2 Å². The second-order valence-electron chi connectivity index (χ2n) is 11.1. The third kappa shape index (κ3) is 5.57. The second kappa shape index (κ2) is 12.8. The Hall–Kier alpha value is -3.83. The van der Waals surface area contributed by atoms with E-state index < -0.39 is 46.2 Å². The number of rotatable bonds is 7. The largest absolute Gasteiger partial charge is 0.461 e. The molecule has 2 saturated heterocycles. The molecule has 0 spiro atoms. The average Bonchev–Trinajstić information content (AvgIpc) is 3.67. The molecule has 4 aromatic rings. The predicted molar refractivity (Wildman–Crippen MR) is 168 cm³/mol. The van der Waals surface area contributed by atoms with Crippen molar-refractivity contribution in [1.29, 1.82) is 5.26 Å². The number of ether oxygens (including phenoxy) is 1. The van der Waals surface area contributed by atoms with E-state index in [4.69, 9.17) is 10.5 Å². The molecule has 246 valence electrons. The lowest BCUT2D eigenvalue weighted by molar-refractivity contribution is -0.137. The van der Waals surface area contributed by atoms with Crippen LogP contribution in [0.1, 0.15) is 58.1 Å². The van der Waals surface area contributed by atoms with Gasteiger partial charge in [0.2, 0.25) is 0 Å². The van der Waals surface area contributed by atoms with Crippen LogP contribution >= 0.6 is 11.3 Å². The van der Waals surface area contributed by atoms with Crippen molar-refractivity contribution < 1.29 is 31.1 Å². The number of nitriles is 1. The van der Waals surface area contributed by atoms with E-state index in [0.717, 1.165) is 31.2 Å². The smallest absolute Gasteiger partial charge is 0.417 e. The number of benzene rings is 2. The van der Waals surface area contributed by atoms with Crippen LogP contribution in [0.25, 0.3) is 32.1 Å². The monoisotopic (exact) mass is 664 g/mol. The topological polar surface area (TPSA) is 91.3 Å². The first-order valence-electron chi connectivity index (χ1n) is 15.2. The minimum atomic E-state index is -5.05. The molecule has 0 aliphatic carbocycles. The van der Waals surface area contributed by atoms with E-state index in [2.05, 4.69) is 9.97 Å². The van der Waals surface area contributed by atoms with E-state index in [9.17, 15) is 27.2 Å². The summed E-state index contributed by atoms with van der Waals surface area (Å²) < 4.78 is 95.7. The summed E-state index contributed by atoms with van der Waals surface area (Å²) in [6.07, 6.45) is -4.24. The van der Waals surface area contributed by atoms with Gasteiger partial charge in [-0.3, -0.25) is 4.90 Å². The normalized spacial score (nSPS) is 19.6. The van der Waals surface area contributed by atoms with Crippen molar-refractivity contribution in [3.63, 3.8) is 0 Å². The van der Waals surface area contributed by atoms with E-state index in [1.54, 1.807) is 18.7 Å². The maximum atomic E-state index is 16.7. The van der Waals surface area contributed by atoms with Crippen LogP contribution in [0.15, 0.2) is 18.2 Å². The Labute approximate surface area is 266 Å². The van der Waals surface area contributed by atoms with Crippen LogP contribution in [0, 0.1) is 23.0 Å². The second-order valence-corrected chi connectivity index (χ2v) is 12.2. The van der Waals surface area contributed by atoms with Gasteiger partial charge in [-0.05, 0) is 50.9 Å². The quantitative estimate of drug-likeness (QED) is 0.200. The molecule has 4 heterocycles. The van der Waals surface area contributed by atoms with Gasteiger partial charge < -0.3 is 15.4 Å². The molecule has 7 nitrogen and oxygen atoms in total. The Bertz CT molecular complexity index is 1820. The molecule has 2 fully saturated rings. The van der Waals surface area contributed by atoms with Gasteiger partial charge in [0.1, 0.15) is 41.0 Å². The fraction of sp³-hybridized carbons (Fsp3) is 0.469. The number of halogens is 6. The van der Waals surface area contributed by atoms with E-state index in [1.807, 2.05) is 24.8 Å². The summed E-state index contributed by atoms with van der Waals surface area (Å²) in [6, 6.07) is 4.27. The molecule has 0 saturated carbocycles. The molecule has 2 aliphatic heterocycles. The maximum absolute atomic E-state index is 16.7. The van der Waals surface area contributed by atoms with Gasteiger partial charge in [0.15, 0.2) is 5.82 Å². The summed E-state index contributed by atoms with van der Waals surface area (Å²) in [4.78, 5) is 12.4. The van der Waals surface area contributed by atoms with Crippen LogP contribution in [0.5, 0.6) is 6.01 Å². The summed E-state index contributed by atoms with van der Waals surface area (Å²) in [5, 5.41) is 9.22. The van der Waals surface area contributed by atoms with Crippen LogP contribution in [-0.4, -0.2) is 59.4 Å². The minimum absolute atomic E-state index is 0.0318. The number of hydrogen-bond acceptors (Lipinski definition) is 8. The minimum Gasteiger partial charge on any atom is -0.461 e. The lowest BCUT2D eigenvalue weighted by Gasteiger charge is -2.31. The van der Waals surface area contributed by atoms with E-state index in [-0.39, 0.29) is 63.0 Å². The molecule has 2 unspecified atom stereocenters. The van der Waals surface area contributed by atoms with Gasteiger partial charge in [0.05, 0.1) is 21.4 Å². The number of nitrogens with two attached hydrogens (primary N) is 1. The molecule has 0 radical (unpaired) electrons. The lowest BCUT2D eigenvalue weighted by atomic mass is 9.92. The number of hydrogen-bond donors (Lipinski definition) is 1. The summed E-state index contributed by atoms with van der Waals surface area (Å²) in [5.41, 5.74) is 2.09. The fourth-order valence-electron chi connectivity index (χ4n) is 6.66. The molecule has 2 aliphatic rings. The van der Waals surface area contributed by atoms with Gasteiger partial charge in [0.25, 0.3) is 0 Å². The highest BCUT2D eigenvalue weighted by atomic mass is 32.1. The zero-order chi connectivity index (χ0) is 33.6. The van der Waals surface area contributed by atoms with Crippen molar-refractivity contribution >= 4 is 43.1 Å². The average molecular weight is 665 g/mol. The molecule has 2 aromatic heterocycles. The van der Waals surface area contributed by atoms with Gasteiger partial charge in [0, 0.05) is 42.4 Å². The van der Waals surface area contributed by atoms with Crippen LogP contribution in [0.4, 0.5) is 37.2 Å². The Morgan fingerprint density at radius 3 is 2.57 bits per heavy atom. The first-order valence-corrected chi connectivity index (χ1v) is 16.0. The van der Waals surface area contributed by atoms with Gasteiger partial charge in [-0.1, -0.05) is 19.9 Å². The number of nitrogens with zero attached hydrogens (tertiary/aromatic N) is 5. The Morgan fingerprint density at radius 1 is 1.20 bits per heavy atom. The number of alkyl halides is 4. The number of aromatic nitrogens is 2. The highest BCUT2D eigenvalue weighted by molar-refractivity contribution is 7.23. The predicted octanol–water partition coefficient (Wildman–Crippen LogP) is 8.09. The van der Waals surface area contributed by atoms with Crippen LogP contribution in [-0.2, 0) is 6.18 Å². The third-order valence-electron chi connectivity index (χ3n) is 8.69. The Balaban J connectivity index is 0.00000204. The van der Waals surface area contributed by atoms with E-state index in [0.29, 0.717) is 30.8 Å². The molecule has 2 atom stereocenters. The van der Waals surface area contributed by atoms with Gasteiger partial charge in [-0.2, -0.15) is 28.4 Å². The third-order valence-corrected chi connectivity index (χ3v) is 9.72. The lowest BCUT2D eigenvalue weighted by Crippen LogP contribution is -2.43. The summed E-state index contributed by atoms with van der Waals surface area (Å²) in [5.74, 6) is -2.09. The van der Waals surface area contributed by atoms with Crippen LogP contribution < -0.4 is 15.4 Å². The maximum Gasteiger partial charge on any atom is 0.417 e. The van der Waals surface area contributed by atoms with Crippen molar-refractivity contribution in [2.45, 2.75) is 64.8 Å². The molecule has 14 heteroatoms.